The summed E-state index contributed by atoms with van der Waals surface area (Å²) in [5.41, 5.74) is 0. The highest BCUT2D eigenvalue weighted by Crippen LogP contribution is 2.32. The number of carbonyl (C=O) groups excluding carboxylic acids is 1. The van der Waals surface area contributed by atoms with Crippen LogP contribution in [0.3, 0.4) is 0 Å². The van der Waals surface area contributed by atoms with Crippen molar-refractivity contribution in [2.45, 2.75) is 55.5 Å². The number of hydrogen-bond donors (Lipinski definition) is 3. The Morgan fingerprint density at radius 2 is 1.89 bits per heavy atom. The maximum absolute atomic E-state index is 12.8. The third-order valence-electron chi connectivity index (χ3n) is 5.56. The number of fused-ring (bicyclic) bond motifs is 2. The van der Waals surface area contributed by atoms with Crippen molar-refractivity contribution in [3.05, 3.63) is 0 Å². The van der Waals surface area contributed by atoms with Gasteiger partial charge in [0.1, 0.15) is 5.84 Å². The van der Waals surface area contributed by atoms with Gasteiger partial charge in [0, 0.05) is 12.6 Å². The first-order valence-corrected chi connectivity index (χ1v) is 11.8. The van der Waals surface area contributed by atoms with Crippen LogP contribution < -0.4 is 4.72 Å². The first kappa shape index (κ1) is 21.2. The number of carbonyl (C=O) groups is 1. The van der Waals surface area contributed by atoms with E-state index in [1.807, 2.05) is 19.0 Å². The lowest BCUT2D eigenvalue weighted by molar-refractivity contribution is -0.0316. The van der Waals surface area contributed by atoms with Crippen molar-refractivity contribution in [2.24, 2.45) is 0 Å². The van der Waals surface area contributed by atoms with Crippen molar-refractivity contribution >= 4 is 32.3 Å². The summed E-state index contributed by atoms with van der Waals surface area (Å²) in [7, 11) is -5.04. The van der Waals surface area contributed by atoms with Crippen LogP contribution in [0, 0.1) is 5.41 Å². The van der Waals surface area contributed by atoms with Gasteiger partial charge in [-0.3, -0.25) is 14.7 Å². The van der Waals surface area contributed by atoms with Crippen molar-refractivity contribution in [2.75, 3.05) is 20.6 Å². The van der Waals surface area contributed by atoms with Gasteiger partial charge in [0.25, 0.3) is 0 Å². The summed E-state index contributed by atoms with van der Waals surface area (Å²) < 4.78 is 63.0. The van der Waals surface area contributed by atoms with Gasteiger partial charge in [-0.2, -0.15) is 13.5 Å². The molecule has 0 aromatic heterocycles. The first-order chi connectivity index (χ1) is 12.9. The Bertz CT molecular complexity index is 859. The standard InChI is InChI=1S/C14H25N5O7S2/c1-17(2)10-4-3-5-12(10)27(21,22)16-13(15)11-7-6-9-8-18(11)14(20)19(9)26-28(23,24)25/h9-12H,3-8H2,1-2H3,(H2,15,16)(H,23,24,25). The Kier molecular flexibility index (Phi) is 5.62. The molecular weight excluding hydrogens is 414 g/mol. The van der Waals surface area contributed by atoms with E-state index in [0.717, 1.165) is 12.8 Å². The topological polar surface area (TPSA) is 160 Å². The fraction of sp³-hybridized carbons (Fsp3) is 0.857. The molecule has 1 saturated carbocycles. The molecule has 2 saturated heterocycles. The van der Waals surface area contributed by atoms with Gasteiger partial charge in [0.05, 0.1) is 17.3 Å². The van der Waals surface area contributed by atoms with E-state index in [-0.39, 0.29) is 24.8 Å². The van der Waals surface area contributed by atoms with Gasteiger partial charge in [-0.1, -0.05) is 6.42 Å². The average Bonchev–Trinajstić information content (AvgIpc) is 3.15. The minimum Gasteiger partial charge on any atom is -0.310 e. The van der Waals surface area contributed by atoms with Crippen LogP contribution in [-0.2, 0) is 24.7 Å². The third kappa shape index (κ3) is 4.10. The Balaban J connectivity index is 1.71. The van der Waals surface area contributed by atoms with E-state index in [2.05, 4.69) is 9.01 Å². The maximum Gasteiger partial charge on any atom is 0.418 e. The molecule has 2 bridgehead atoms. The van der Waals surface area contributed by atoms with Gasteiger partial charge in [-0.25, -0.2) is 13.2 Å². The van der Waals surface area contributed by atoms with E-state index in [4.69, 9.17) is 9.96 Å². The summed E-state index contributed by atoms with van der Waals surface area (Å²) in [5, 5.41) is 8.16. The summed E-state index contributed by atoms with van der Waals surface area (Å²) in [5.74, 6) is -0.329. The average molecular weight is 440 g/mol. The van der Waals surface area contributed by atoms with Crippen LogP contribution in [0.1, 0.15) is 32.1 Å². The molecule has 3 rings (SSSR count). The SMILES string of the molecule is CN(C)C1CCCC1S(=O)(=O)NC(=N)C1CCC2CN1C(=O)N2OS(=O)(=O)O. The number of urea groups is 1. The minimum absolute atomic E-state index is 0.0763. The van der Waals surface area contributed by atoms with Crippen molar-refractivity contribution < 1.29 is 30.5 Å². The molecule has 0 spiro atoms. The highest BCUT2D eigenvalue weighted by molar-refractivity contribution is 7.90. The largest absolute Gasteiger partial charge is 0.418 e. The van der Waals surface area contributed by atoms with Crippen LogP contribution in [0.25, 0.3) is 0 Å². The number of hydrogen-bond acceptors (Lipinski definition) is 8. The molecule has 2 heterocycles. The number of rotatable bonds is 6. The van der Waals surface area contributed by atoms with Gasteiger partial charge in [-0.15, -0.1) is 4.28 Å². The zero-order valence-corrected chi connectivity index (χ0v) is 17.2. The van der Waals surface area contributed by atoms with E-state index in [0.29, 0.717) is 17.9 Å². The minimum atomic E-state index is -4.86. The smallest absolute Gasteiger partial charge is 0.310 e. The van der Waals surface area contributed by atoms with E-state index < -0.39 is 43.8 Å². The quantitative estimate of drug-likeness (QED) is 0.280. The highest BCUT2D eigenvalue weighted by Gasteiger charge is 2.49. The van der Waals surface area contributed by atoms with Gasteiger partial charge in [0.15, 0.2) is 0 Å². The lowest BCUT2D eigenvalue weighted by Gasteiger charge is -2.32. The second kappa shape index (κ2) is 7.40. The van der Waals surface area contributed by atoms with E-state index in [1.165, 1.54) is 4.90 Å². The second-order valence-corrected chi connectivity index (χ2v) is 10.5. The van der Waals surface area contributed by atoms with Crippen LogP contribution in [0.5, 0.6) is 0 Å². The number of piperidine rings is 1. The number of nitrogens with zero attached hydrogens (tertiary/aromatic N) is 3. The monoisotopic (exact) mass is 439 g/mol. The molecule has 1 aliphatic carbocycles. The third-order valence-corrected chi connectivity index (χ3v) is 7.76. The van der Waals surface area contributed by atoms with Crippen LogP contribution in [0.2, 0.25) is 0 Å². The van der Waals surface area contributed by atoms with Gasteiger partial charge < -0.3 is 9.80 Å². The van der Waals surface area contributed by atoms with Crippen molar-refractivity contribution in [1.82, 2.24) is 19.6 Å². The molecule has 2 aliphatic heterocycles. The molecule has 12 nitrogen and oxygen atoms in total. The van der Waals surface area contributed by atoms with Crippen molar-refractivity contribution in [3.63, 3.8) is 0 Å². The van der Waals surface area contributed by atoms with Gasteiger partial charge in [-0.05, 0) is 39.8 Å². The van der Waals surface area contributed by atoms with Gasteiger partial charge >= 0.3 is 16.4 Å². The number of amidine groups is 1. The number of hydroxylamine groups is 2. The summed E-state index contributed by atoms with van der Waals surface area (Å²) in [6.07, 6.45) is 2.60. The maximum atomic E-state index is 12.8. The zero-order valence-electron chi connectivity index (χ0n) is 15.6. The predicted molar refractivity (Wildman–Crippen MR) is 98.3 cm³/mol. The summed E-state index contributed by atoms with van der Waals surface area (Å²) in [4.78, 5) is 15.5. The van der Waals surface area contributed by atoms with E-state index in [1.54, 1.807) is 0 Å². The molecule has 3 fully saturated rings. The summed E-state index contributed by atoms with van der Waals surface area (Å²) in [6.45, 7) is 0.0763. The second-order valence-electron chi connectivity index (χ2n) is 7.57. The fourth-order valence-electron chi connectivity index (χ4n) is 4.29. The molecule has 160 valence electrons. The van der Waals surface area contributed by atoms with Crippen LogP contribution >= 0.6 is 0 Å². The van der Waals surface area contributed by atoms with E-state index >= 15 is 0 Å². The van der Waals surface area contributed by atoms with Crippen LogP contribution in [0.4, 0.5) is 4.79 Å². The molecule has 28 heavy (non-hydrogen) atoms. The van der Waals surface area contributed by atoms with Crippen molar-refractivity contribution in [3.8, 4) is 0 Å². The lowest BCUT2D eigenvalue weighted by Crippen LogP contribution is -2.53. The lowest BCUT2D eigenvalue weighted by atomic mass is 10.0. The Labute approximate surface area is 164 Å². The van der Waals surface area contributed by atoms with Crippen LogP contribution in [0.15, 0.2) is 0 Å². The predicted octanol–water partition coefficient (Wildman–Crippen LogP) is -0.631. The van der Waals surface area contributed by atoms with Crippen molar-refractivity contribution in [1.29, 1.82) is 5.41 Å². The van der Waals surface area contributed by atoms with E-state index in [9.17, 15) is 21.6 Å². The molecule has 3 aliphatic rings. The Hall–Kier alpha value is -1.48. The summed E-state index contributed by atoms with van der Waals surface area (Å²) in [6, 6.07) is -2.41. The number of amides is 2. The molecule has 3 N–H and O–H groups in total. The molecule has 2 amide bonds. The molecular formula is C14H25N5O7S2. The molecule has 0 aromatic rings. The molecule has 14 heteroatoms. The zero-order chi connectivity index (χ0) is 20.9. The molecule has 0 radical (unpaired) electrons. The molecule has 4 atom stereocenters. The Morgan fingerprint density at radius 1 is 1.21 bits per heavy atom. The highest BCUT2D eigenvalue weighted by atomic mass is 32.3. The molecule has 0 aromatic carbocycles. The van der Waals surface area contributed by atoms with Crippen LogP contribution in [-0.4, -0.2) is 92.1 Å². The first-order valence-electron chi connectivity index (χ1n) is 8.94. The number of sulfonamides is 1. The fourth-order valence-corrected chi connectivity index (χ4v) is 6.54. The number of nitrogens with one attached hydrogen (secondary N) is 2. The Morgan fingerprint density at radius 3 is 2.50 bits per heavy atom. The summed E-state index contributed by atoms with van der Waals surface area (Å²) >= 11 is 0. The van der Waals surface area contributed by atoms with Gasteiger partial charge in [0.2, 0.25) is 10.0 Å². The molecule has 4 unspecified atom stereocenters. The normalized spacial score (nSPS) is 30.9.